The van der Waals surface area contributed by atoms with Crippen molar-refractivity contribution in [1.29, 1.82) is 0 Å². The van der Waals surface area contributed by atoms with Crippen LogP contribution in [0.15, 0.2) is 0 Å². The molecule has 0 aromatic rings. The summed E-state index contributed by atoms with van der Waals surface area (Å²) in [7, 11) is -13.3. The van der Waals surface area contributed by atoms with E-state index in [2.05, 4.69) is 45.8 Å². The lowest BCUT2D eigenvalue weighted by Crippen LogP contribution is -2.67. The normalized spacial score (nSPS) is 14.3. The Morgan fingerprint density at radius 3 is 0.853 bits per heavy atom. The highest BCUT2D eigenvalue weighted by molar-refractivity contribution is 6.91. The van der Waals surface area contributed by atoms with Crippen LogP contribution in [0, 0.1) is 0 Å². The minimum atomic E-state index is -3.34. The molecular formula is C21H54O8Si5. The zero-order valence-corrected chi connectivity index (χ0v) is 29.3. The van der Waals surface area contributed by atoms with Gasteiger partial charge in [-0.25, -0.2) is 0 Å². The Balaban J connectivity index is 7.07. The number of rotatable bonds is 20. The van der Waals surface area contributed by atoms with E-state index >= 15 is 0 Å². The predicted molar refractivity (Wildman–Crippen MR) is 150 cm³/mol. The van der Waals surface area contributed by atoms with Crippen molar-refractivity contribution in [2.24, 2.45) is 0 Å². The Bertz CT molecular complexity index is 480. The van der Waals surface area contributed by atoms with E-state index in [1.807, 2.05) is 41.5 Å². The zero-order chi connectivity index (χ0) is 26.7. The Morgan fingerprint density at radius 1 is 0.441 bits per heavy atom. The third-order valence-electron chi connectivity index (χ3n) is 4.55. The quantitative estimate of drug-likeness (QED) is 0.170. The van der Waals surface area contributed by atoms with Crippen molar-refractivity contribution in [3.63, 3.8) is 0 Å². The first-order valence-electron chi connectivity index (χ1n) is 12.9. The van der Waals surface area contributed by atoms with E-state index in [1.165, 1.54) is 0 Å². The zero-order valence-electron chi connectivity index (χ0n) is 24.3. The molecule has 13 heteroatoms. The SMILES string of the molecule is CCO[Si](OCC)(OCC)C(C[Si](C)(O[Si](C)(C)C)O[Si](C)(C)C)[Si](OCC)(OCC)OCC. The Labute approximate surface area is 215 Å². The first-order chi connectivity index (χ1) is 15.6. The van der Waals surface area contributed by atoms with Gasteiger partial charge in [-0.15, -0.1) is 0 Å². The highest BCUT2D eigenvalue weighted by Gasteiger charge is 2.68. The van der Waals surface area contributed by atoms with Crippen molar-refractivity contribution in [3.05, 3.63) is 0 Å². The van der Waals surface area contributed by atoms with Gasteiger partial charge >= 0.3 is 26.2 Å². The van der Waals surface area contributed by atoms with Gasteiger partial charge in [0, 0.05) is 45.7 Å². The second kappa shape index (κ2) is 15.2. The molecular weight excluding hydrogens is 521 g/mol. The molecule has 0 saturated heterocycles. The van der Waals surface area contributed by atoms with Crippen LogP contribution in [-0.2, 0) is 34.8 Å². The molecule has 0 spiro atoms. The summed E-state index contributed by atoms with van der Waals surface area (Å²) in [4.78, 5) is 0. The lowest BCUT2D eigenvalue weighted by Gasteiger charge is -2.46. The molecule has 0 saturated carbocycles. The summed E-state index contributed by atoms with van der Waals surface area (Å²) < 4.78 is 52.5. The molecule has 206 valence electrons. The fourth-order valence-electron chi connectivity index (χ4n) is 4.30. The van der Waals surface area contributed by atoms with Gasteiger partial charge in [0.25, 0.3) is 0 Å². The van der Waals surface area contributed by atoms with Crippen molar-refractivity contribution in [3.8, 4) is 0 Å². The van der Waals surface area contributed by atoms with Gasteiger partial charge < -0.3 is 34.8 Å². The summed E-state index contributed by atoms with van der Waals surface area (Å²) in [6.07, 6.45) is 0. The third-order valence-corrected chi connectivity index (χ3v) is 23.2. The minimum Gasteiger partial charge on any atom is -0.437 e. The Morgan fingerprint density at radius 2 is 0.676 bits per heavy atom. The summed E-state index contributed by atoms with van der Waals surface area (Å²) in [6.45, 7) is 30.0. The monoisotopic (exact) mass is 574 g/mol. The molecule has 0 rings (SSSR count). The Kier molecular flexibility index (Phi) is 15.6. The maximum atomic E-state index is 6.89. The molecule has 0 aliphatic carbocycles. The molecule has 0 bridgehead atoms. The number of hydrogen-bond donors (Lipinski definition) is 0. The van der Waals surface area contributed by atoms with Gasteiger partial charge in [0.2, 0.25) is 0 Å². The van der Waals surface area contributed by atoms with Gasteiger partial charge in [0.15, 0.2) is 16.6 Å². The second-order valence-electron chi connectivity index (χ2n) is 10.1. The van der Waals surface area contributed by atoms with E-state index in [-0.39, 0.29) is 5.16 Å². The number of hydrogen-bond acceptors (Lipinski definition) is 8. The van der Waals surface area contributed by atoms with Gasteiger partial charge in [0.05, 0.1) is 0 Å². The van der Waals surface area contributed by atoms with Crippen LogP contribution in [0.4, 0.5) is 0 Å². The van der Waals surface area contributed by atoms with Crippen LogP contribution in [-0.4, -0.2) is 82.4 Å². The van der Waals surface area contributed by atoms with Crippen molar-refractivity contribution in [2.45, 2.75) is 98.6 Å². The van der Waals surface area contributed by atoms with Crippen LogP contribution in [0.5, 0.6) is 0 Å². The molecule has 0 aliphatic heterocycles. The van der Waals surface area contributed by atoms with Gasteiger partial charge in [-0.2, -0.15) is 0 Å². The Hall–Kier alpha value is 0.764. The smallest absolute Gasteiger partial charge is 0.437 e. The van der Waals surface area contributed by atoms with E-state index < -0.39 is 42.8 Å². The highest BCUT2D eigenvalue weighted by Crippen LogP contribution is 2.44. The topological polar surface area (TPSA) is 73.8 Å². The van der Waals surface area contributed by atoms with Crippen molar-refractivity contribution < 1.29 is 34.8 Å². The first kappa shape index (κ1) is 34.8. The summed E-state index contributed by atoms with van der Waals surface area (Å²) >= 11 is 0. The van der Waals surface area contributed by atoms with Crippen molar-refractivity contribution >= 4 is 42.8 Å². The summed E-state index contributed by atoms with van der Waals surface area (Å²) in [5.74, 6) is 0. The molecule has 0 aromatic heterocycles. The molecule has 34 heavy (non-hydrogen) atoms. The fourth-order valence-corrected chi connectivity index (χ4v) is 28.2. The second-order valence-corrected chi connectivity index (χ2v) is 29.0. The molecule has 0 aliphatic rings. The van der Waals surface area contributed by atoms with Gasteiger partial charge in [-0.05, 0) is 87.4 Å². The van der Waals surface area contributed by atoms with Crippen LogP contribution >= 0.6 is 0 Å². The van der Waals surface area contributed by atoms with Gasteiger partial charge in [0.1, 0.15) is 5.16 Å². The van der Waals surface area contributed by atoms with Gasteiger partial charge in [-0.3, -0.25) is 0 Å². The lowest BCUT2D eigenvalue weighted by molar-refractivity contribution is 0.0338. The molecule has 8 nitrogen and oxygen atoms in total. The molecule has 0 radical (unpaired) electrons. The average molecular weight is 575 g/mol. The van der Waals surface area contributed by atoms with Crippen LogP contribution in [0.2, 0.25) is 57.0 Å². The maximum absolute atomic E-state index is 6.89. The van der Waals surface area contributed by atoms with E-state index in [0.29, 0.717) is 45.7 Å². The van der Waals surface area contributed by atoms with Crippen molar-refractivity contribution in [2.75, 3.05) is 39.6 Å². The van der Waals surface area contributed by atoms with Crippen molar-refractivity contribution in [1.82, 2.24) is 0 Å². The fraction of sp³-hybridized carbons (Fsp3) is 1.00. The lowest BCUT2D eigenvalue weighted by atomic mass is 10.9. The standard InChI is InChI=1S/C21H54O8Si5/c1-14-22-33(23-15-2,24-16-3)21(34(25-17-4,26-18-5)27-19-6)20-32(13,28-30(7,8)9)29-31(10,11)12/h21H,14-20H2,1-13H3. The van der Waals surface area contributed by atoms with E-state index in [0.717, 1.165) is 0 Å². The summed E-state index contributed by atoms with van der Waals surface area (Å²) in [5.41, 5.74) is 0. The molecule has 0 heterocycles. The molecule has 0 atom stereocenters. The minimum absolute atomic E-state index is 0.357. The predicted octanol–water partition coefficient (Wildman–Crippen LogP) is 5.77. The van der Waals surface area contributed by atoms with Crippen LogP contribution in [0.1, 0.15) is 41.5 Å². The largest absolute Gasteiger partial charge is 0.508 e. The van der Waals surface area contributed by atoms with E-state index in [4.69, 9.17) is 34.8 Å². The molecule has 0 N–H and O–H groups in total. The van der Waals surface area contributed by atoms with E-state index in [1.54, 1.807) is 0 Å². The van der Waals surface area contributed by atoms with Crippen LogP contribution in [0.25, 0.3) is 0 Å². The maximum Gasteiger partial charge on any atom is 0.508 e. The average Bonchev–Trinajstić information content (AvgIpc) is 2.64. The molecule has 0 fully saturated rings. The third kappa shape index (κ3) is 11.4. The summed E-state index contributed by atoms with van der Waals surface area (Å²) in [6, 6.07) is 0.569. The van der Waals surface area contributed by atoms with Crippen LogP contribution in [0.3, 0.4) is 0 Å². The molecule has 0 unspecified atom stereocenters. The summed E-state index contributed by atoms with van der Waals surface area (Å²) in [5, 5.41) is -0.357. The molecule has 0 amide bonds. The van der Waals surface area contributed by atoms with Crippen LogP contribution < -0.4 is 0 Å². The van der Waals surface area contributed by atoms with Gasteiger partial charge in [-0.1, -0.05) is 0 Å². The molecule has 0 aromatic carbocycles. The van der Waals surface area contributed by atoms with E-state index in [9.17, 15) is 0 Å². The first-order valence-corrected chi connectivity index (χ1v) is 25.8. The highest BCUT2D eigenvalue weighted by atomic mass is 28.5.